The molecule has 1 amide bonds. The minimum absolute atomic E-state index is 0.0940. The van der Waals surface area contributed by atoms with Crippen molar-refractivity contribution in [2.24, 2.45) is 0 Å². The van der Waals surface area contributed by atoms with Gasteiger partial charge < -0.3 is 19.8 Å². The van der Waals surface area contributed by atoms with Gasteiger partial charge in [-0.3, -0.25) is 4.79 Å². The molecule has 106 valence electrons. The number of ether oxygens (including phenoxy) is 2. The van der Waals surface area contributed by atoms with Gasteiger partial charge in [0.1, 0.15) is 6.10 Å². The van der Waals surface area contributed by atoms with Crippen molar-refractivity contribution in [1.82, 2.24) is 10.3 Å². The van der Waals surface area contributed by atoms with Crippen LogP contribution in [-0.2, 0) is 9.47 Å². The van der Waals surface area contributed by atoms with E-state index in [0.717, 1.165) is 10.9 Å². The zero-order chi connectivity index (χ0) is 14.2. The highest BCUT2D eigenvalue weighted by Crippen LogP contribution is 2.22. The van der Waals surface area contributed by atoms with Gasteiger partial charge in [0.15, 0.2) is 5.79 Å². The fraction of sp³-hybridized carbons (Fsp3) is 0.400. The molecule has 20 heavy (non-hydrogen) atoms. The minimum Gasteiger partial charge on any atom is -0.361 e. The lowest BCUT2D eigenvalue weighted by atomic mass is 10.1. The van der Waals surface area contributed by atoms with Crippen LogP contribution in [0.3, 0.4) is 0 Å². The predicted molar refractivity (Wildman–Crippen MR) is 75.5 cm³/mol. The van der Waals surface area contributed by atoms with Crippen molar-refractivity contribution in [3.05, 3.63) is 36.0 Å². The van der Waals surface area contributed by atoms with E-state index in [9.17, 15) is 4.79 Å². The lowest BCUT2D eigenvalue weighted by Gasteiger charge is -2.17. The number of benzene rings is 1. The monoisotopic (exact) mass is 274 g/mol. The number of carbonyl (C=O) groups excluding carboxylic acids is 1. The van der Waals surface area contributed by atoms with Gasteiger partial charge in [-0.2, -0.15) is 0 Å². The maximum Gasteiger partial charge on any atom is 0.252 e. The van der Waals surface area contributed by atoms with Gasteiger partial charge in [-0.1, -0.05) is 6.07 Å². The van der Waals surface area contributed by atoms with Gasteiger partial charge in [-0.05, 0) is 32.0 Å². The Hall–Kier alpha value is -1.85. The van der Waals surface area contributed by atoms with E-state index < -0.39 is 5.79 Å². The molecule has 5 heteroatoms. The molecule has 5 nitrogen and oxygen atoms in total. The van der Waals surface area contributed by atoms with Crippen LogP contribution in [0.25, 0.3) is 10.9 Å². The fourth-order valence-corrected chi connectivity index (χ4v) is 2.45. The molecule has 0 radical (unpaired) electrons. The van der Waals surface area contributed by atoms with Gasteiger partial charge in [-0.15, -0.1) is 0 Å². The Morgan fingerprint density at radius 3 is 3.05 bits per heavy atom. The minimum atomic E-state index is -0.559. The number of aromatic nitrogens is 1. The summed E-state index contributed by atoms with van der Waals surface area (Å²) in [6.07, 6.45) is 1.73. The molecule has 2 aromatic rings. The predicted octanol–water partition coefficient (Wildman–Crippen LogP) is 2.05. The number of carbonyl (C=O) groups is 1. The Morgan fingerprint density at radius 1 is 1.45 bits per heavy atom. The number of fused-ring (bicyclic) bond motifs is 1. The Bertz CT molecular complexity index is 633. The highest BCUT2D eigenvalue weighted by Gasteiger charge is 2.32. The molecular formula is C15H18N2O3. The van der Waals surface area contributed by atoms with Crippen molar-refractivity contribution in [2.45, 2.75) is 25.7 Å². The van der Waals surface area contributed by atoms with E-state index >= 15 is 0 Å². The van der Waals surface area contributed by atoms with Crippen molar-refractivity contribution in [3.8, 4) is 0 Å². The van der Waals surface area contributed by atoms with Crippen LogP contribution in [0.5, 0.6) is 0 Å². The van der Waals surface area contributed by atoms with Gasteiger partial charge in [0, 0.05) is 29.2 Å². The van der Waals surface area contributed by atoms with Crippen LogP contribution in [0.15, 0.2) is 30.5 Å². The van der Waals surface area contributed by atoms with E-state index in [1.54, 1.807) is 0 Å². The topological polar surface area (TPSA) is 63.3 Å². The molecule has 0 saturated carbocycles. The first-order valence-corrected chi connectivity index (χ1v) is 6.71. The van der Waals surface area contributed by atoms with E-state index in [0.29, 0.717) is 18.7 Å². The van der Waals surface area contributed by atoms with Crippen LogP contribution in [0.4, 0.5) is 0 Å². The Balaban J connectivity index is 1.67. The molecule has 1 aromatic heterocycles. The Kier molecular flexibility index (Phi) is 3.23. The molecule has 1 unspecified atom stereocenters. The number of amides is 1. The smallest absolute Gasteiger partial charge is 0.252 e. The van der Waals surface area contributed by atoms with E-state index in [1.807, 2.05) is 44.3 Å². The molecule has 1 aliphatic rings. The Labute approximate surface area is 117 Å². The molecule has 2 N–H and O–H groups in total. The van der Waals surface area contributed by atoms with Crippen LogP contribution in [0, 0.1) is 0 Å². The van der Waals surface area contributed by atoms with Gasteiger partial charge in [0.25, 0.3) is 5.91 Å². The summed E-state index contributed by atoms with van der Waals surface area (Å²) >= 11 is 0. The molecule has 0 aliphatic carbocycles. The van der Waals surface area contributed by atoms with Gasteiger partial charge in [0.2, 0.25) is 0 Å². The van der Waals surface area contributed by atoms with Crippen LogP contribution in [0.1, 0.15) is 24.2 Å². The SMILES string of the molecule is CC1(C)OCC(CNC(=O)c2cccc3[nH]ccc23)O1. The van der Waals surface area contributed by atoms with Crippen molar-refractivity contribution in [1.29, 1.82) is 0 Å². The number of aromatic amines is 1. The van der Waals surface area contributed by atoms with Crippen molar-refractivity contribution >= 4 is 16.8 Å². The number of nitrogens with one attached hydrogen (secondary N) is 2. The van der Waals surface area contributed by atoms with Crippen LogP contribution >= 0.6 is 0 Å². The number of H-pyrrole nitrogens is 1. The zero-order valence-electron chi connectivity index (χ0n) is 11.6. The Morgan fingerprint density at radius 2 is 2.30 bits per heavy atom. The average Bonchev–Trinajstić information content (AvgIpc) is 3.01. The number of hydrogen-bond acceptors (Lipinski definition) is 3. The maximum atomic E-state index is 12.3. The van der Waals surface area contributed by atoms with Crippen molar-refractivity contribution in [3.63, 3.8) is 0 Å². The molecular weight excluding hydrogens is 256 g/mol. The molecule has 1 aliphatic heterocycles. The van der Waals surface area contributed by atoms with Crippen LogP contribution in [0.2, 0.25) is 0 Å². The lowest BCUT2D eigenvalue weighted by molar-refractivity contribution is -0.137. The molecule has 1 fully saturated rings. The van der Waals surface area contributed by atoms with Crippen LogP contribution in [-0.4, -0.2) is 35.9 Å². The molecule has 0 bridgehead atoms. The number of hydrogen-bond donors (Lipinski definition) is 2. The van der Waals surface area contributed by atoms with Gasteiger partial charge in [0.05, 0.1) is 6.61 Å². The molecule has 3 rings (SSSR count). The molecule has 1 aromatic carbocycles. The lowest BCUT2D eigenvalue weighted by Crippen LogP contribution is -2.34. The van der Waals surface area contributed by atoms with E-state index in [-0.39, 0.29) is 12.0 Å². The first-order chi connectivity index (χ1) is 9.55. The van der Waals surface area contributed by atoms with Crippen molar-refractivity contribution in [2.75, 3.05) is 13.2 Å². The largest absolute Gasteiger partial charge is 0.361 e. The third kappa shape index (κ3) is 2.55. The third-order valence-electron chi connectivity index (χ3n) is 3.40. The van der Waals surface area contributed by atoms with Crippen LogP contribution < -0.4 is 5.32 Å². The molecule has 2 heterocycles. The summed E-state index contributed by atoms with van der Waals surface area (Å²) in [5, 5.41) is 3.83. The summed E-state index contributed by atoms with van der Waals surface area (Å²) in [6, 6.07) is 7.54. The van der Waals surface area contributed by atoms with E-state index in [4.69, 9.17) is 9.47 Å². The average molecular weight is 274 g/mol. The standard InChI is InChI=1S/C15H18N2O3/c1-15(2)19-9-10(20-15)8-17-14(18)12-4-3-5-13-11(12)6-7-16-13/h3-7,10,16H,8-9H2,1-2H3,(H,17,18). The first-order valence-electron chi connectivity index (χ1n) is 6.71. The van der Waals surface area contributed by atoms with E-state index in [2.05, 4.69) is 10.3 Å². The van der Waals surface area contributed by atoms with Gasteiger partial charge in [-0.25, -0.2) is 0 Å². The van der Waals surface area contributed by atoms with E-state index in [1.165, 1.54) is 0 Å². The summed E-state index contributed by atoms with van der Waals surface area (Å²) in [4.78, 5) is 15.4. The van der Waals surface area contributed by atoms with Crippen molar-refractivity contribution < 1.29 is 14.3 Å². The zero-order valence-corrected chi connectivity index (χ0v) is 11.6. The number of rotatable bonds is 3. The second-order valence-corrected chi connectivity index (χ2v) is 5.41. The summed E-state index contributed by atoms with van der Waals surface area (Å²) in [7, 11) is 0. The first kappa shape index (κ1) is 13.1. The summed E-state index contributed by atoms with van der Waals surface area (Å²) < 4.78 is 11.1. The summed E-state index contributed by atoms with van der Waals surface area (Å²) in [5.74, 6) is -0.653. The third-order valence-corrected chi connectivity index (χ3v) is 3.40. The quantitative estimate of drug-likeness (QED) is 0.900. The van der Waals surface area contributed by atoms with Gasteiger partial charge >= 0.3 is 0 Å². The fourth-order valence-electron chi connectivity index (χ4n) is 2.45. The maximum absolute atomic E-state index is 12.3. The summed E-state index contributed by atoms with van der Waals surface area (Å²) in [6.45, 7) is 4.69. The molecule has 1 atom stereocenters. The summed E-state index contributed by atoms with van der Waals surface area (Å²) in [5.41, 5.74) is 1.63. The second kappa shape index (κ2) is 4.92. The molecule has 0 spiro atoms. The highest BCUT2D eigenvalue weighted by molar-refractivity contribution is 6.06. The highest BCUT2D eigenvalue weighted by atomic mass is 16.7. The normalized spacial score (nSPS) is 21.2. The second-order valence-electron chi connectivity index (χ2n) is 5.41. The molecule has 1 saturated heterocycles.